The van der Waals surface area contributed by atoms with E-state index in [2.05, 4.69) is 15.5 Å². The molecule has 1 aliphatic rings. The van der Waals surface area contributed by atoms with Crippen molar-refractivity contribution in [3.63, 3.8) is 0 Å². The number of hydrogen-bond donors (Lipinski definition) is 1. The van der Waals surface area contributed by atoms with Crippen molar-refractivity contribution in [2.24, 2.45) is 5.18 Å². The van der Waals surface area contributed by atoms with Crippen molar-refractivity contribution in [2.75, 3.05) is 6.54 Å². The molecule has 1 aliphatic carbocycles. The molecule has 6 heteroatoms. The quantitative estimate of drug-likeness (QED) is 0.861. The van der Waals surface area contributed by atoms with Crippen LogP contribution in [0.1, 0.15) is 45.2 Å². The van der Waals surface area contributed by atoms with Gasteiger partial charge in [0.05, 0.1) is 5.56 Å². The SMILES string of the molecule is O=NC1CCCc2c(C(=O)NCCc3cccnc3)csc21. The summed E-state index contributed by atoms with van der Waals surface area (Å²) in [5.74, 6) is -0.0621. The summed E-state index contributed by atoms with van der Waals surface area (Å²) in [6.07, 6.45) is 6.85. The molecule has 0 spiro atoms. The van der Waals surface area contributed by atoms with Crippen molar-refractivity contribution in [1.82, 2.24) is 10.3 Å². The van der Waals surface area contributed by atoms with Gasteiger partial charge < -0.3 is 5.32 Å². The largest absolute Gasteiger partial charge is 0.352 e. The average molecular weight is 315 g/mol. The lowest BCUT2D eigenvalue weighted by Gasteiger charge is -2.17. The Balaban J connectivity index is 1.63. The molecule has 1 amide bonds. The van der Waals surface area contributed by atoms with Gasteiger partial charge in [0.15, 0.2) is 0 Å². The zero-order valence-corrected chi connectivity index (χ0v) is 12.9. The fraction of sp³-hybridized carbons (Fsp3) is 0.375. The van der Waals surface area contributed by atoms with Gasteiger partial charge in [0.25, 0.3) is 5.91 Å². The van der Waals surface area contributed by atoms with Gasteiger partial charge in [-0.15, -0.1) is 11.3 Å². The van der Waals surface area contributed by atoms with Crippen LogP contribution in [0.4, 0.5) is 0 Å². The van der Waals surface area contributed by atoms with Crippen LogP contribution < -0.4 is 5.32 Å². The molecule has 1 atom stereocenters. The van der Waals surface area contributed by atoms with Crippen molar-refractivity contribution >= 4 is 17.2 Å². The normalized spacial score (nSPS) is 16.8. The van der Waals surface area contributed by atoms with Gasteiger partial charge in [-0.2, -0.15) is 4.91 Å². The molecule has 2 heterocycles. The number of nitrogens with one attached hydrogen (secondary N) is 1. The molecule has 2 aromatic rings. The Labute approximate surface area is 132 Å². The molecule has 1 unspecified atom stereocenters. The van der Waals surface area contributed by atoms with E-state index in [1.54, 1.807) is 12.4 Å². The number of fused-ring (bicyclic) bond motifs is 1. The van der Waals surface area contributed by atoms with Crippen LogP contribution in [0.25, 0.3) is 0 Å². The van der Waals surface area contributed by atoms with Crippen molar-refractivity contribution in [3.05, 3.63) is 56.4 Å². The highest BCUT2D eigenvalue weighted by Gasteiger charge is 2.27. The van der Waals surface area contributed by atoms with Gasteiger partial charge in [-0.1, -0.05) is 11.2 Å². The third-order valence-corrected chi connectivity index (χ3v) is 5.05. The summed E-state index contributed by atoms with van der Waals surface area (Å²) in [5, 5.41) is 7.99. The van der Waals surface area contributed by atoms with E-state index in [0.717, 1.165) is 41.7 Å². The summed E-state index contributed by atoms with van der Waals surface area (Å²) in [5.41, 5.74) is 2.82. The molecule has 2 aromatic heterocycles. The molecule has 22 heavy (non-hydrogen) atoms. The van der Waals surface area contributed by atoms with Gasteiger partial charge >= 0.3 is 0 Å². The number of thiophene rings is 1. The number of carbonyl (C=O) groups excluding carboxylic acids is 1. The smallest absolute Gasteiger partial charge is 0.252 e. The number of carbonyl (C=O) groups is 1. The van der Waals surface area contributed by atoms with E-state index in [-0.39, 0.29) is 11.9 Å². The summed E-state index contributed by atoms with van der Waals surface area (Å²) in [6.45, 7) is 0.574. The molecule has 0 fully saturated rings. The summed E-state index contributed by atoms with van der Waals surface area (Å²) < 4.78 is 0. The molecule has 0 saturated heterocycles. The van der Waals surface area contributed by atoms with E-state index in [4.69, 9.17) is 0 Å². The molecule has 0 radical (unpaired) electrons. The first-order chi connectivity index (χ1) is 10.8. The monoisotopic (exact) mass is 315 g/mol. The van der Waals surface area contributed by atoms with Crippen LogP contribution >= 0.6 is 11.3 Å². The maximum absolute atomic E-state index is 12.3. The van der Waals surface area contributed by atoms with Gasteiger partial charge in [-0.25, -0.2) is 0 Å². The highest BCUT2D eigenvalue weighted by Crippen LogP contribution is 2.38. The van der Waals surface area contributed by atoms with Crippen LogP contribution in [0, 0.1) is 4.91 Å². The minimum Gasteiger partial charge on any atom is -0.352 e. The fourth-order valence-corrected chi connectivity index (χ4v) is 3.96. The third kappa shape index (κ3) is 3.06. The van der Waals surface area contributed by atoms with Gasteiger partial charge in [0.1, 0.15) is 6.04 Å². The van der Waals surface area contributed by atoms with Crippen molar-refractivity contribution in [1.29, 1.82) is 0 Å². The Hall–Kier alpha value is -2.08. The van der Waals surface area contributed by atoms with Crippen LogP contribution in [0.3, 0.4) is 0 Å². The second-order valence-corrected chi connectivity index (χ2v) is 6.28. The Morgan fingerprint density at radius 3 is 3.18 bits per heavy atom. The highest BCUT2D eigenvalue weighted by molar-refractivity contribution is 7.10. The average Bonchev–Trinajstić information content (AvgIpc) is 3.00. The van der Waals surface area contributed by atoms with E-state index >= 15 is 0 Å². The summed E-state index contributed by atoms with van der Waals surface area (Å²) in [4.78, 5) is 28.2. The van der Waals surface area contributed by atoms with Crippen LogP contribution in [-0.2, 0) is 12.8 Å². The van der Waals surface area contributed by atoms with Crippen molar-refractivity contribution in [3.8, 4) is 0 Å². The fourth-order valence-electron chi connectivity index (χ4n) is 2.79. The number of hydrogen-bond acceptors (Lipinski definition) is 5. The Morgan fingerprint density at radius 1 is 1.50 bits per heavy atom. The molecule has 5 nitrogen and oxygen atoms in total. The molecule has 114 valence electrons. The second-order valence-electron chi connectivity index (χ2n) is 5.37. The van der Waals surface area contributed by atoms with E-state index in [9.17, 15) is 9.70 Å². The minimum absolute atomic E-state index is 0.0621. The van der Waals surface area contributed by atoms with E-state index in [1.165, 1.54) is 11.3 Å². The molecule has 0 aromatic carbocycles. The molecule has 1 N–H and O–H groups in total. The maximum atomic E-state index is 12.3. The highest BCUT2D eigenvalue weighted by atomic mass is 32.1. The van der Waals surface area contributed by atoms with Gasteiger partial charge in [0.2, 0.25) is 0 Å². The van der Waals surface area contributed by atoms with Crippen LogP contribution in [-0.4, -0.2) is 17.4 Å². The summed E-state index contributed by atoms with van der Waals surface area (Å²) >= 11 is 1.48. The molecular formula is C16H17N3O2S. The van der Waals surface area contributed by atoms with Gasteiger partial charge in [-0.3, -0.25) is 9.78 Å². The lowest BCUT2D eigenvalue weighted by Crippen LogP contribution is -2.26. The molecule has 3 rings (SSSR count). The van der Waals surface area contributed by atoms with Gasteiger partial charge in [0, 0.05) is 29.2 Å². The van der Waals surface area contributed by atoms with Crippen molar-refractivity contribution in [2.45, 2.75) is 31.7 Å². The van der Waals surface area contributed by atoms with E-state index < -0.39 is 0 Å². The van der Waals surface area contributed by atoms with Gasteiger partial charge in [-0.05, 0) is 42.9 Å². The Morgan fingerprint density at radius 2 is 2.41 bits per heavy atom. The number of aromatic nitrogens is 1. The molecule has 0 bridgehead atoms. The maximum Gasteiger partial charge on any atom is 0.252 e. The number of pyridine rings is 1. The summed E-state index contributed by atoms with van der Waals surface area (Å²) in [7, 11) is 0. The van der Waals surface area contributed by atoms with Crippen LogP contribution in [0.15, 0.2) is 35.1 Å². The van der Waals surface area contributed by atoms with Crippen molar-refractivity contribution < 1.29 is 4.79 Å². The zero-order valence-electron chi connectivity index (χ0n) is 12.1. The first-order valence-corrected chi connectivity index (χ1v) is 8.27. The summed E-state index contributed by atoms with van der Waals surface area (Å²) in [6, 6.07) is 3.61. The third-order valence-electron chi connectivity index (χ3n) is 3.93. The first-order valence-electron chi connectivity index (χ1n) is 7.39. The molecule has 0 saturated carbocycles. The Kier molecular flexibility index (Phi) is 4.58. The lowest BCUT2D eigenvalue weighted by atomic mass is 9.92. The van der Waals surface area contributed by atoms with Crippen LogP contribution in [0.2, 0.25) is 0 Å². The minimum atomic E-state index is -0.273. The Bertz CT molecular complexity index is 669. The number of nitrogens with zero attached hydrogens (tertiary/aromatic N) is 2. The van der Waals surface area contributed by atoms with Crippen LogP contribution in [0.5, 0.6) is 0 Å². The standard InChI is InChI=1S/C16H17N3O2S/c20-16(18-8-6-11-3-2-7-17-9-11)13-10-22-15-12(13)4-1-5-14(15)19-21/h2-3,7,9-10,14H,1,4-6,8H2,(H,18,20). The molecule has 0 aliphatic heterocycles. The topological polar surface area (TPSA) is 71.4 Å². The predicted octanol–water partition coefficient (Wildman–Crippen LogP) is 3.26. The number of rotatable bonds is 5. The second kappa shape index (κ2) is 6.79. The predicted molar refractivity (Wildman–Crippen MR) is 86.1 cm³/mol. The number of nitroso groups, excluding NO2 is 1. The van der Waals surface area contributed by atoms with E-state index in [1.807, 2.05) is 17.5 Å². The number of amides is 1. The zero-order chi connectivity index (χ0) is 15.4. The molecular weight excluding hydrogens is 298 g/mol. The lowest BCUT2D eigenvalue weighted by molar-refractivity contribution is 0.0953. The first kappa shape index (κ1) is 14.8. The van der Waals surface area contributed by atoms with E-state index in [0.29, 0.717) is 12.1 Å².